The van der Waals surface area contributed by atoms with Crippen LogP contribution >= 0.6 is 0 Å². The Balaban J connectivity index is 1.15. The van der Waals surface area contributed by atoms with Gasteiger partial charge in [0, 0.05) is 43.8 Å². The molecule has 2 N–H and O–H groups in total. The summed E-state index contributed by atoms with van der Waals surface area (Å²) in [5, 5.41) is 17.8. The minimum absolute atomic E-state index is 0.129. The Morgan fingerprint density at radius 3 is 2.78 bits per heavy atom. The largest absolute Gasteiger partial charge is 0.381 e. The number of aliphatic hydroxyl groups is 1. The van der Waals surface area contributed by atoms with Gasteiger partial charge in [-0.25, -0.2) is 13.4 Å². The van der Waals surface area contributed by atoms with E-state index in [1.165, 1.54) is 4.31 Å². The summed E-state index contributed by atoms with van der Waals surface area (Å²) in [5.74, 6) is 0.707. The van der Waals surface area contributed by atoms with E-state index in [2.05, 4.69) is 20.4 Å². The first-order valence-electron chi connectivity index (χ1n) is 12.3. The Kier molecular flexibility index (Phi) is 6.19. The summed E-state index contributed by atoms with van der Waals surface area (Å²) in [6.07, 6.45) is 3.57. The van der Waals surface area contributed by atoms with Crippen LogP contribution in [0.15, 0.2) is 53.3 Å². The summed E-state index contributed by atoms with van der Waals surface area (Å²) in [6.45, 7) is 3.59. The maximum atomic E-state index is 12.9. The molecule has 2 saturated heterocycles. The van der Waals surface area contributed by atoms with Gasteiger partial charge >= 0.3 is 0 Å². The average molecular weight is 525 g/mol. The lowest BCUT2D eigenvalue weighted by molar-refractivity contribution is 0.0958. The molecule has 11 nitrogen and oxygen atoms in total. The van der Waals surface area contributed by atoms with Crippen molar-refractivity contribution in [1.82, 2.24) is 23.8 Å². The predicted molar refractivity (Wildman–Crippen MR) is 135 cm³/mol. The molecule has 6 rings (SSSR count). The van der Waals surface area contributed by atoms with Crippen LogP contribution in [0.3, 0.4) is 0 Å². The lowest BCUT2D eigenvalue weighted by Gasteiger charge is -2.39. The van der Waals surface area contributed by atoms with Crippen LogP contribution in [0.25, 0.3) is 17.0 Å². The van der Waals surface area contributed by atoms with Crippen molar-refractivity contribution in [2.24, 2.45) is 0 Å². The lowest BCUT2D eigenvalue weighted by Crippen LogP contribution is -2.52. The van der Waals surface area contributed by atoms with Gasteiger partial charge < -0.3 is 19.7 Å². The molecule has 5 heterocycles. The van der Waals surface area contributed by atoms with Crippen molar-refractivity contribution in [3.05, 3.63) is 65.9 Å². The zero-order valence-electron chi connectivity index (χ0n) is 20.3. The van der Waals surface area contributed by atoms with Crippen LogP contribution in [0.4, 0.5) is 5.69 Å². The van der Waals surface area contributed by atoms with Gasteiger partial charge in [-0.2, -0.15) is 9.29 Å². The number of aromatic nitrogens is 4. The first kappa shape index (κ1) is 24.0. The molecular formula is C25H28N6O5S. The number of imidazole rings is 1. The molecule has 2 aliphatic rings. The summed E-state index contributed by atoms with van der Waals surface area (Å²) in [7, 11) is -3.34. The molecule has 2 aliphatic heterocycles. The average Bonchev–Trinajstić information content (AvgIpc) is 3.53. The second kappa shape index (κ2) is 9.53. The number of fused-ring (bicyclic) bond motifs is 1. The number of aliphatic hydroxyl groups excluding tert-OH is 1. The Bertz CT molecular complexity index is 1520. The molecule has 0 bridgehead atoms. The molecule has 37 heavy (non-hydrogen) atoms. The van der Waals surface area contributed by atoms with Crippen molar-refractivity contribution < 1.29 is 22.8 Å². The normalized spacial score (nSPS) is 18.6. The Hall–Kier alpha value is -3.32. The zero-order valence-corrected chi connectivity index (χ0v) is 21.1. The highest BCUT2D eigenvalue weighted by atomic mass is 32.2. The van der Waals surface area contributed by atoms with E-state index in [0.717, 1.165) is 22.5 Å². The number of anilines is 1. The molecule has 0 amide bonds. The summed E-state index contributed by atoms with van der Waals surface area (Å²) in [4.78, 5) is 8.88. The first-order valence-corrected chi connectivity index (χ1v) is 13.8. The molecule has 0 spiro atoms. The number of nitrogens with one attached hydrogen (secondary N) is 1. The van der Waals surface area contributed by atoms with Gasteiger partial charge in [0.2, 0.25) is 21.7 Å². The number of aryl methyl sites for hydroxylation is 1. The number of rotatable bonds is 7. The molecule has 0 aliphatic carbocycles. The molecule has 1 unspecified atom stereocenters. The van der Waals surface area contributed by atoms with E-state index in [1.54, 1.807) is 6.20 Å². The second-order valence-electron chi connectivity index (χ2n) is 9.52. The van der Waals surface area contributed by atoms with Gasteiger partial charge in [-0.1, -0.05) is 23.4 Å². The van der Waals surface area contributed by atoms with Crippen LogP contribution in [0, 0.1) is 6.92 Å². The van der Waals surface area contributed by atoms with Gasteiger partial charge in [-0.05, 0) is 43.5 Å². The van der Waals surface area contributed by atoms with E-state index in [9.17, 15) is 13.5 Å². The summed E-state index contributed by atoms with van der Waals surface area (Å²) >= 11 is 0. The molecule has 2 fully saturated rings. The van der Waals surface area contributed by atoms with Crippen molar-refractivity contribution in [2.45, 2.75) is 37.2 Å². The van der Waals surface area contributed by atoms with Crippen molar-refractivity contribution in [2.75, 3.05) is 31.6 Å². The topological polar surface area (TPSA) is 135 Å². The maximum Gasteiger partial charge on any atom is 0.232 e. The fourth-order valence-electron chi connectivity index (χ4n) is 4.80. The molecule has 0 radical (unpaired) electrons. The third-order valence-corrected chi connectivity index (χ3v) is 9.43. The Morgan fingerprint density at radius 2 is 1.97 bits per heavy atom. The van der Waals surface area contributed by atoms with Crippen LogP contribution in [0.1, 0.15) is 42.1 Å². The van der Waals surface area contributed by atoms with Crippen LogP contribution in [0.5, 0.6) is 0 Å². The van der Waals surface area contributed by atoms with Gasteiger partial charge in [-0.3, -0.25) is 4.40 Å². The lowest BCUT2D eigenvalue weighted by atomic mass is 10.0. The molecule has 194 valence electrons. The third-order valence-electron chi connectivity index (χ3n) is 7.10. The van der Waals surface area contributed by atoms with Crippen molar-refractivity contribution in [3.8, 4) is 11.4 Å². The van der Waals surface area contributed by atoms with Crippen molar-refractivity contribution in [1.29, 1.82) is 0 Å². The smallest absolute Gasteiger partial charge is 0.232 e. The minimum atomic E-state index is -3.34. The molecule has 0 saturated carbocycles. The number of hydrogen-bond acceptors (Lipinski definition) is 9. The Morgan fingerprint density at radius 1 is 1.16 bits per heavy atom. The van der Waals surface area contributed by atoms with E-state index in [-0.39, 0.29) is 11.2 Å². The number of pyridine rings is 1. The van der Waals surface area contributed by atoms with E-state index >= 15 is 0 Å². The molecule has 1 atom stereocenters. The van der Waals surface area contributed by atoms with Gasteiger partial charge in [0.1, 0.15) is 5.65 Å². The highest BCUT2D eigenvalue weighted by Crippen LogP contribution is 2.33. The third kappa shape index (κ3) is 4.50. The monoisotopic (exact) mass is 524 g/mol. The van der Waals surface area contributed by atoms with Gasteiger partial charge in [-0.15, -0.1) is 0 Å². The first-order chi connectivity index (χ1) is 17.9. The fourth-order valence-corrected chi connectivity index (χ4v) is 6.78. The Labute approximate surface area is 214 Å². The quantitative estimate of drug-likeness (QED) is 0.350. The van der Waals surface area contributed by atoms with E-state index < -0.39 is 16.3 Å². The van der Waals surface area contributed by atoms with E-state index in [1.807, 2.05) is 53.9 Å². The standard InChI is InChI=1S/C25H28N6O5S/c1-16-5-6-17(12-20(16)27-24(32)21-13-26-22-4-2-3-9-31(21)22)23-28-25(36-29-23)18-14-30(15-18)37(33,34)19-7-10-35-11-8-19/h2-6,9,12-13,18-19,24,27,32H,7-8,10-11,14-15H2,1H3. The second-order valence-corrected chi connectivity index (χ2v) is 11.7. The highest BCUT2D eigenvalue weighted by Gasteiger charge is 2.43. The van der Waals surface area contributed by atoms with Crippen molar-refractivity contribution in [3.63, 3.8) is 0 Å². The molecular weight excluding hydrogens is 496 g/mol. The van der Waals surface area contributed by atoms with Crippen LogP contribution < -0.4 is 5.32 Å². The fraction of sp³-hybridized carbons (Fsp3) is 0.400. The SMILES string of the molecule is Cc1ccc(-c2noc(C3CN(S(=O)(=O)C4CCOCC4)C3)n2)cc1NC(O)c1cnc2ccccn12. The molecule has 12 heteroatoms. The van der Waals surface area contributed by atoms with Gasteiger partial charge in [0.15, 0.2) is 6.23 Å². The van der Waals surface area contributed by atoms with Crippen LogP contribution in [0.2, 0.25) is 0 Å². The van der Waals surface area contributed by atoms with Crippen LogP contribution in [-0.2, 0) is 14.8 Å². The van der Waals surface area contributed by atoms with Crippen LogP contribution in [-0.4, -0.2) is 68.9 Å². The molecule has 1 aromatic carbocycles. The number of benzene rings is 1. The van der Waals surface area contributed by atoms with E-state index in [4.69, 9.17) is 9.26 Å². The predicted octanol–water partition coefficient (Wildman–Crippen LogP) is 2.70. The molecule has 3 aromatic heterocycles. The number of hydrogen-bond donors (Lipinski definition) is 2. The minimum Gasteiger partial charge on any atom is -0.381 e. The maximum absolute atomic E-state index is 12.9. The summed E-state index contributed by atoms with van der Waals surface area (Å²) in [5.41, 5.74) is 3.75. The van der Waals surface area contributed by atoms with E-state index in [0.29, 0.717) is 56.6 Å². The van der Waals surface area contributed by atoms with Gasteiger partial charge in [0.05, 0.1) is 23.1 Å². The highest BCUT2D eigenvalue weighted by molar-refractivity contribution is 7.89. The summed E-state index contributed by atoms with van der Waals surface area (Å²) < 4.78 is 39.8. The molecule has 4 aromatic rings. The van der Waals surface area contributed by atoms with Gasteiger partial charge in [0.25, 0.3) is 0 Å². The number of ether oxygens (including phenoxy) is 1. The van der Waals surface area contributed by atoms with Crippen molar-refractivity contribution >= 4 is 21.4 Å². The zero-order chi connectivity index (χ0) is 25.6. The summed E-state index contributed by atoms with van der Waals surface area (Å²) in [6, 6.07) is 11.3. The number of nitrogens with zero attached hydrogens (tertiary/aromatic N) is 5. The number of sulfonamides is 1.